The molecule has 0 heterocycles. The van der Waals surface area contributed by atoms with Gasteiger partial charge in [-0.3, -0.25) is 4.79 Å². The van der Waals surface area contributed by atoms with Gasteiger partial charge < -0.3 is 10.1 Å². The molecule has 0 aliphatic heterocycles. The van der Waals surface area contributed by atoms with Gasteiger partial charge in [0.1, 0.15) is 5.75 Å². The Morgan fingerprint density at radius 1 is 1.14 bits per heavy atom. The minimum absolute atomic E-state index is 0.318. The first-order valence-electron chi connectivity index (χ1n) is 6.09. The van der Waals surface area contributed by atoms with Crippen molar-refractivity contribution in [3.8, 4) is 5.75 Å². The summed E-state index contributed by atoms with van der Waals surface area (Å²) < 4.78 is 29.6. The summed E-state index contributed by atoms with van der Waals surface area (Å²) in [7, 11) is 1.49. The summed E-state index contributed by atoms with van der Waals surface area (Å²) in [6.07, 6.45) is 0. The molecule has 0 aliphatic rings. The van der Waals surface area contributed by atoms with E-state index in [4.69, 9.17) is 4.74 Å². The molecule has 110 valence electrons. The number of methoxy groups -OCH3 is 1. The molecule has 0 radical (unpaired) electrons. The summed E-state index contributed by atoms with van der Waals surface area (Å²) >= 11 is 0.462. The monoisotopic (exact) mass is 309 g/mol. The van der Waals surface area contributed by atoms with E-state index in [1.165, 1.54) is 19.2 Å². The van der Waals surface area contributed by atoms with Gasteiger partial charge in [0.25, 0.3) is 11.7 Å². The van der Waals surface area contributed by atoms with Crippen LogP contribution in [0.5, 0.6) is 5.75 Å². The Morgan fingerprint density at radius 2 is 1.81 bits per heavy atom. The van der Waals surface area contributed by atoms with E-state index in [0.29, 0.717) is 33.7 Å². The van der Waals surface area contributed by atoms with Gasteiger partial charge in [0.15, 0.2) is 0 Å². The molecular weight excluding hydrogens is 296 g/mol. The van der Waals surface area contributed by atoms with E-state index < -0.39 is 5.76 Å². The van der Waals surface area contributed by atoms with Crippen molar-refractivity contribution in [2.24, 2.45) is 0 Å². The summed E-state index contributed by atoms with van der Waals surface area (Å²) in [6.45, 7) is 0. The smallest absolute Gasteiger partial charge is 0.288 e. The van der Waals surface area contributed by atoms with Gasteiger partial charge in [-0.05, 0) is 36.4 Å². The third kappa shape index (κ3) is 4.19. The number of hydrogen-bond donors (Lipinski definition) is 1. The first-order valence-corrected chi connectivity index (χ1v) is 6.97. The molecule has 21 heavy (non-hydrogen) atoms. The molecular formula is C15H13F2NO2S. The maximum atomic E-state index is 12.2. The Bertz CT molecular complexity index is 617. The number of benzene rings is 2. The van der Waals surface area contributed by atoms with Crippen LogP contribution in [0.25, 0.3) is 0 Å². The van der Waals surface area contributed by atoms with Crippen LogP contribution < -0.4 is 10.1 Å². The second-order valence-corrected chi connectivity index (χ2v) is 5.12. The molecule has 0 saturated heterocycles. The van der Waals surface area contributed by atoms with E-state index in [1.807, 2.05) is 0 Å². The molecule has 0 atom stereocenters. The molecule has 3 nitrogen and oxygen atoms in total. The molecule has 0 aliphatic carbocycles. The lowest BCUT2D eigenvalue weighted by Crippen LogP contribution is -2.12. The predicted octanol–water partition coefficient (Wildman–Crippen LogP) is 4.26. The fourth-order valence-corrected chi connectivity index (χ4v) is 2.25. The number of thioether (sulfide) groups is 1. The summed E-state index contributed by atoms with van der Waals surface area (Å²) in [5, 5.41) is 2.70. The highest BCUT2D eigenvalue weighted by atomic mass is 32.2. The van der Waals surface area contributed by atoms with Crippen LogP contribution in [-0.2, 0) is 0 Å². The number of para-hydroxylation sites is 1. The van der Waals surface area contributed by atoms with Crippen molar-refractivity contribution in [3.05, 3.63) is 54.1 Å². The van der Waals surface area contributed by atoms with Gasteiger partial charge in [-0.2, -0.15) is 8.78 Å². The Labute approximate surface area is 125 Å². The van der Waals surface area contributed by atoms with E-state index in [1.54, 1.807) is 36.4 Å². The van der Waals surface area contributed by atoms with Crippen LogP contribution in [0, 0.1) is 0 Å². The maximum Gasteiger partial charge on any atom is 0.288 e. The highest BCUT2D eigenvalue weighted by Gasteiger charge is 2.12. The molecule has 2 rings (SSSR count). The fraction of sp³-hybridized carbons (Fsp3) is 0.133. The largest absolute Gasteiger partial charge is 0.496 e. The molecule has 0 bridgehead atoms. The molecule has 1 amide bonds. The van der Waals surface area contributed by atoms with Crippen LogP contribution in [0.2, 0.25) is 0 Å². The van der Waals surface area contributed by atoms with Gasteiger partial charge in [0.05, 0.1) is 12.7 Å². The number of nitrogens with one attached hydrogen (secondary N) is 1. The van der Waals surface area contributed by atoms with Crippen molar-refractivity contribution < 1.29 is 18.3 Å². The highest BCUT2D eigenvalue weighted by molar-refractivity contribution is 7.99. The van der Waals surface area contributed by atoms with Crippen LogP contribution in [0.3, 0.4) is 0 Å². The van der Waals surface area contributed by atoms with Crippen LogP contribution in [0.4, 0.5) is 14.5 Å². The van der Waals surface area contributed by atoms with Crippen molar-refractivity contribution in [2.75, 3.05) is 12.4 Å². The minimum Gasteiger partial charge on any atom is -0.496 e. The Morgan fingerprint density at radius 3 is 2.43 bits per heavy atom. The van der Waals surface area contributed by atoms with Crippen LogP contribution in [-0.4, -0.2) is 18.8 Å². The standard InChI is InChI=1S/C15H13F2NO2S/c1-20-13-5-3-2-4-12(13)14(19)18-10-6-8-11(9-7-10)21-15(16)17/h2-9,15H,1H3,(H,18,19). The van der Waals surface area contributed by atoms with Gasteiger partial charge in [-0.25, -0.2) is 0 Å². The number of amides is 1. The lowest BCUT2D eigenvalue weighted by Gasteiger charge is -2.09. The Hall–Kier alpha value is -2.08. The third-order valence-electron chi connectivity index (χ3n) is 2.69. The molecule has 2 aromatic carbocycles. The summed E-state index contributed by atoms with van der Waals surface area (Å²) in [4.78, 5) is 12.6. The normalized spacial score (nSPS) is 10.5. The number of anilines is 1. The number of ether oxygens (including phenoxy) is 1. The molecule has 6 heteroatoms. The summed E-state index contributed by atoms with van der Waals surface area (Å²) in [6, 6.07) is 13.1. The number of hydrogen-bond acceptors (Lipinski definition) is 3. The van der Waals surface area contributed by atoms with E-state index >= 15 is 0 Å². The minimum atomic E-state index is -2.46. The number of carbonyl (C=O) groups is 1. The zero-order valence-electron chi connectivity index (χ0n) is 11.2. The van der Waals surface area contributed by atoms with Crippen molar-refractivity contribution in [1.29, 1.82) is 0 Å². The second kappa shape index (κ2) is 7.08. The maximum absolute atomic E-state index is 12.2. The molecule has 0 spiro atoms. The topological polar surface area (TPSA) is 38.3 Å². The SMILES string of the molecule is COc1ccccc1C(=O)Nc1ccc(SC(F)F)cc1. The van der Waals surface area contributed by atoms with Crippen LogP contribution >= 0.6 is 11.8 Å². The number of rotatable bonds is 5. The second-order valence-electron chi connectivity index (χ2n) is 4.06. The van der Waals surface area contributed by atoms with Crippen molar-refractivity contribution in [1.82, 2.24) is 0 Å². The molecule has 0 fully saturated rings. The van der Waals surface area contributed by atoms with Crippen molar-refractivity contribution in [3.63, 3.8) is 0 Å². The first-order chi connectivity index (χ1) is 10.1. The average molecular weight is 309 g/mol. The first kappa shape index (κ1) is 15.3. The van der Waals surface area contributed by atoms with Gasteiger partial charge in [0.2, 0.25) is 0 Å². The average Bonchev–Trinajstić information content (AvgIpc) is 2.48. The number of halogens is 2. The van der Waals surface area contributed by atoms with Gasteiger partial charge in [-0.1, -0.05) is 23.9 Å². The molecule has 0 unspecified atom stereocenters. The van der Waals surface area contributed by atoms with E-state index in [-0.39, 0.29) is 5.91 Å². The predicted molar refractivity (Wildman–Crippen MR) is 79.3 cm³/mol. The van der Waals surface area contributed by atoms with Gasteiger partial charge in [0, 0.05) is 10.6 Å². The Balaban J connectivity index is 2.09. The number of alkyl halides is 2. The number of carbonyl (C=O) groups excluding carboxylic acids is 1. The van der Waals surface area contributed by atoms with E-state index in [2.05, 4.69) is 5.32 Å². The molecule has 2 aromatic rings. The lowest BCUT2D eigenvalue weighted by atomic mass is 10.2. The summed E-state index contributed by atoms with van der Waals surface area (Å²) in [5.41, 5.74) is 0.940. The molecule has 0 saturated carbocycles. The zero-order chi connectivity index (χ0) is 15.2. The Kier molecular flexibility index (Phi) is 5.16. The zero-order valence-corrected chi connectivity index (χ0v) is 12.0. The molecule has 0 aromatic heterocycles. The van der Waals surface area contributed by atoms with Gasteiger partial charge in [-0.15, -0.1) is 0 Å². The van der Waals surface area contributed by atoms with E-state index in [9.17, 15) is 13.6 Å². The van der Waals surface area contributed by atoms with E-state index in [0.717, 1.165) is 0 Å². The van der Waals surface area contributed by atoms with Crippen molar-refractivity contribution in [2.45, 2.75) is 10.7 Å². The van der Waals surface area contributed by atoms with Crippen molar-refractivity contribution >= 4 is 23.4 Å². The third-order valence-corrected chi connectivity index (χ3v) is 3.41. The quantitative estimate of drug-likeness (QED) is 0.839. The summed E-state index contributed by atoms with van der Waals surface area (Å²) in [5.74, 6) is -2.30. The van der Waals surface area contributed by atoms with Crippen LogP contribution in [0.1, 0.15) is 10.4 Å². The fourth-order valence-electron chi connectivity index (χ4n) is 1.75. The van der Waals surface area contributed by atoms with Gasteiger partial charge >= 0.3 is 0 Å². The lowest BCUT2D eigenvalue weighted by molar-refractivity contribution is 0.102. The van der Waals surface area contributed by atoms with Crippen LogP contribution in [0.15, 0.2) is 53.4 Å². The highest BCUT2D eigenvalue weighted by Crippen LogP contribution is 2.26. The molecule has 1 N–H and O–H groups in total.